The Hall–Kier alpha value is -1.13. The topological polar surface area (TPSA) is 39.7 Å². The van der Waals surface area contributed by atoms with Gasteiger partial charge < -0.3 is 19.5 Å². The molecule has 0 radical (unpaired) electrons. The molecule has 1 aromatic rings. The molecule has 0 aliphatic rings. The second kappa shape index (κ2) is 7.46. The molecular weight excluding hydrogens is 266 g/mol. The van der Waals surface area contributed by atoms with Gasteiger partial charge in [-0.05, 0) is 5.92 Å². The van der Waals surface area contributed by atoms with Gasteiger partial charge in [-0.1, -0.05) is 25.4 Å². The van der Waals surface area contributed by atoms with Crippen LogP contribution >= 0.6 is 11.6 Å². The van der Waals surface area contributed by atoms with E-state index in [1.54, 1.807) is 27.4 Å². The van der Waals surface area contributed by atoms with Crippen LogP contribution in [0.3, 0.4) is 0 Å². The van der Waals surface area contributed by atoms with Crippen LogP contribution in [-0.2, 0) is 4.74 Å². The fourth-order valence-electron chi connectivity index (χ4n) is 1.75. The summed E-state index contributed by atoms with van der Waals surface area (Å²) >= 11 is 6.08. The predicted octanol–water partition coefficient (Wildman–Crippen LogP) is 3.44. The molecular formula is C14H22ClNO3. The predicted molar refractivity (Wildman–Crippen MR) is 78.7 cm³/mol. The Morgan fingerprint density at radius 1 is 1.11 bits per heavy atom. The molecule has 1 aromatic carbocycles. The van der Waals surface area contributed by atoms with E-state index >= 15 is 0 Å². The van der Waals surface area contributed by atoms with Gasteiger partial charge in [-0.25, -0.2) is 0 Å². The van der Waals surface area contributed by atoms with E-state index in [9.17, 15) is 0 Å². The molecule has 0 heterocycles. The summed E-state index contributed by atoms with van der Waals surface area (Å²) in [6.45, 7) is 4.89. The van der Waals surface area contributed by atoms with E-state index in [1.165, 1.54) is 0 Å². The summed E-state index contributed by atoms with van der Waals surface area (Å²) in [6, 6.07) is 3.77. The number of nitrogens with one attached hydrogen (secondary N) is 1. The SMILES string of the molecule is COCC(Nc1cc(OC)c(Cl)cc1OC)C(C)C. The number of hydrogen-bond acceptors (Lipinski definition) is 4. The Bertz CT molecular complexity index is 410. The number of anilines is 1. The van der Waals surface area contributed by atoms with Crippen LogP contribution in [0.1, 0.15) is 13.8 Å². The second-order valence-electron chi connectivity index (χ2n) is 4.64. The summed E-state index contributed by atoms with van der Waals surface area (Å²) in [5.74, 6) is 1.73. The second-order valence-corrected chi connectivity index (χ2v) is 5.04. The van der Waals surface area contributed by atoms with Crippen LogP contribution in [0.2, 0.25) is 5.02 Å². The van der Waals surface area contributed by atoms with Crippen LogP contribution in [0.4, 0.5) is 5.69 Å². The highest BCUT2D eigenvalue weighted by molar-refractivity contribution is 6.32. The van der Waals surface area contributed by atoms with Crippen molar-refractivity contribution < 1.29 is 14.2 Å². The average Bonchev–Trinajstić information content (AvgIpc) is 2.39. The molecule has 0 amide bonds. The van der Waals surface area contributed by atoms with E-state index in [0.717, 1.165) is 5.69 Å². The van der Waals surface area contributed by atoms with E-state index in [2.05, 4.69) is 19.2 Å². The number of benzene rings is 1. The molecule has 0 bridgehead atoms. The number of rotatable bonds is 7. The number of methoxy groups -OCH3 is 3. The zero-order valence-electron chi connectivity index (χ0n) is 12.1. The molecule has 0 aliphatic carbocycles. The molecule has 5 heteroatoms. The van der Waals surface area contributed by atoms with Gasteiger partial charge in [0.1, 0.15) is 11.5 Å². The average molecular weight is 288 g/mol. The van der Waals surface area contributed by atoms with Crippen molar-refractivity contribution in [1.82, 2.24) is 0 Å². The fraction of sp³-hybridized carbons (Fsp3) is 0.571. The van der Waals surface area contributed by atoms with Crippen molar-refractivity contribution in [3.63, 3.8) is 0 Å². The van der Waals surface area contributed by atoms with Gasteiger partial charge in [0.2, 0.25) is 0 Å². The molecule has 0 aromatic heterocycles. The minimum Gasteiger partial charge on any atom is -0.495 e. The number of ether oxygens (including phenoxy) is 3. The Balaban J connectivity index is 3.03. The largest absolute Gasteiger partial charge is 0.495 e. The van der Waals surface area contributed by atoms with Crippen molar-refractivity contribution in [2.45, 2.75) is 19.9 Å². The van der Waals surface area contributed by atoms with Crippen LogP contribution in [0.25, 0.3) is 0 Å². The molecule has 4 nitrogen and oxygen atoms in total. The smallest absolute Gasteiger partial charge is 0.143 e. The van der Waals surface area contributed by atoms with Gasteiger partial charge in [0, 0.05) is 19.2 Å². The lowest BCUT2D eigenvalue weighted by molar-refractivity contribution is 0.171. The Morgan fingerprint density at radius 2 is 1.74 bits per heavy atom. The number of hydrogen-bond donors (Lipinski definition) is 1. The van der Waals surface area contributed by atoms with Crippen molar-refractivity contribution in [3.8, 4) is 11.5 Å². The first-order chi connectivity index (χ1) is 9.03. The van der Waals surface area contributed by atoms with E-state index < -0.39 is 0 Å². The Morgan fingerprint density at radius 3 is 2.21 bits per heavy atom. The minimum absolute atomic E-state index is 0.185. The molecule has 1 rings (SSSR count). The van der Waals surface area contributed by atoms with E-state index in [4.69, 9.17) is 25.8 Å². The molecule has 0 spiro atoms. The highest BCUT2D eigenvalue weighted by atomic mass is 35.5. The standard InChI is InChI=1S/C14H22ClNO3/c1-9(2)12(8-17-3)16-11-7-13(18-4)10(15)6-14(11)19-5/h6-7,9,12,16H,8H2,1-5H3. The molecule has 0 saturated heterocycles. The van der Waals surface area contributed by atoms with Gasteiger partial charge in [0.15, 0.2) is 0 Å². The summed E-state index contributed by atoms with van der Waals surface area (Å²) in [4.78, 5) is 0. The fourth-order valence-corrected chi connectivity index (χ4v) is 1.98. The molecule has 1 atom stereocenters. The third-order valence-electron chi connectivity index (χ3n) is 2.97. The normalized spacial score (nSPS) is 12.4. The molecule has 19 heavy (non-hydrogen) atoms. The first-order valence-corrected chi connectivity index (χ1v) is 6.58. The zero-order chi connectivity index (χ0) is 14.4. The Kier molecular flexibility index (Phi) is 6.25. The van der Waals surface area contributed by atoms with Gasteiger partial charge in [-0.15, -0.1) is 0 Å². The maximum absolute atomic E-state index is 6.08. The maximum Gasteiger partial charge on any atom is 0.143 e. The highest BCUT2D eigenvalue weighted by Crippen LogP contribution is 2.36. The molecule has 0 fully saturated rings. The lowest BCUT2D eigenvalue weighted by Crippen LogP contribution is -2.30. The third-order valence-corrected chi connectivity index (χ3v) is 3.26. The lowest BCUT2D eigenvalue weighted by atomic mass is 10.0. The lowest BCUT2D eigenvalue weighted by Gasteiger charge is -2.24. The van der Waals surface area contributed by atoms with Crippen molar-refractivity contribution in [2.75, 3.05) is 33.3 Å². The van der Waals surface area contributed by atoms with Crippen LogP contribution < -0.4 is 14.8 Å². The molecule has 108 valence electrons. The van der Waals surface area contributed by atoms with Gasteiger partial charge in [-0.3, -0.25) is 0 Å². The van der Waals surface area contributed by atoms with Gasteiger partial charge in [-0.2, -0.15) is 0 Å². The van der Waals surface area contributed by atoms with E-state index in [-0.39, 0.29) is 6.04 Å². The van der Waals surface area contributed by atoms with Crippen LogP contribution in [0, 0.1) is 5.92 Å². The van der Waals surface area contributed by atoms with Crippen molar-refractivity contribution >= 4 is 17.3 Å². The van der Waals surface area contributed by atoms with E-state index in [1.807, 2.05) is 6.07 Å². The monoisotopic (exact) mass is 287 g/mol. The zero-order valence-corrected chi connectivity index (χ0v) is 12.9. The minimum atomic E-state index is 0.185. The van der Waals surface area contributed by atoms with Crippen LogP contribution in [0.5, 0.6) is 11.5 Å². The van der Waals surface area contributed by atoms with Crippen LogP contribution in [-0.4, -0.2) is 34.0 Å². The van der Waals surface area contributed by atoms with E-state index in [0.29, 0.717) is 29.0 Å². The third kappa shape index (κ3) is 4.18. The summed E-state index contributed by atoms with van der Waals surface area (Å²) in [7, 11) is 4.90. The quantitative estimate of drug-likeness (QED) is 0.834. The van der Waals surface area contributed by atoms with Gasteiger partial charge in [0.05, 0.1) is 37.6 Å². The highest BCUT2D eigenvalue weighted by Gasteiger charge is 2.17. The summed E-state index contributed by atoms with van der Waals surface area (Å²) in [6.07, 6.45) is 0. The summed E-state index contributed by atoms with van der Waals surface area (Å²) in [5, 5.41) is 3.94. The van der Waals surface area contributed by atoms with Crippen molar-refractivity contribution in [3.05, 3.63) is 17.2 Å². The Labute approximate surface area is 120 Å². The van der Waals surface area contributed by atoms with Gasteiger partial charge in [0.25, 0.3) is 0 Å². The van der Waals surface area contributed by atoms with Crippen LogP contribution in [0.15, 0.2) is 12.1 Å². The molecule has 1 unspecified atom stereocenters. The van der Waals surface area contributed by atoms with Crippen molar-refractivity contribution in [1.29, 1.82) is 0 Å². The maximum atomic E-state index is 6.08. The van der Waals surface area contributed by atoms with Crippen molar-refractivity contribution in [2.24, 2.45) is 5.92 Å². The molecule has 0 saturated carbocycles. The van der Waals surface area contributed by atoms with Gasteiger partial charge >= 0.3 is 0 Å². The summed E-state index contributed by atoms with van der Waals surface area (Å²) < 4.78 is 15.8. The number of halogens is 1. The summed E-state index contributed by atoms with van der Waals surface area (Å²) in [5.41, 5.74) is 0.847. The molecule has 0 aliphatic heterocycles. The first kappa shape index (κ1) is 15.9. The molecule has 1 N–H and O–H groups in total. The first-order valence-electron chi connectivity index (χ1n) is 6.20.